The minimum Gasteiger partial charge on any atom is -0.368 e. The van der Waals surface area contributed by atoms with E-state index in [4.69, 9.17) is 17.3 Å². The third kappa shape index (κ3) is 2.51. The number of nitrogens with zero attached hydrogens (tertiary/aromatic N) is 2. The Balaban J connectivity index is 1.89. The third-order valence-corrected chi connectivity index (χ3v) is 3.37. The van der Waals surface area contributed by atoms with Crippen LogP contribution in [0.3, 0.4) is 0 Å². The summed E-state index contributed by atoms with van der Waals surface area (Å²) in [5.41, 5.74) is 6.74. The van der Waals surface area contributed by atoms with E-state index >= 15 is 0 Å². The van der Waals surface area contributed by atoms with Gasteiger partial charge in [-0.2, -0.15) is 4.98 Å². The van der Waals surface area contributed by atoms with Crippen LogP contribution in [0.2, 0.25) is 5.02 Å². The molecule has 0 atom stereocenters. The maximum absolute atomic E-state index is 6.04. The highest BCUT2D eigenvalue weighted by molar-refractivity contribution is 6.32. The third-order valence-electron chi connectivity index (χ3n) is 3.09. The Hall–Kier alpha value is -2.33. The Labute approximate surface area is 121 Å². The van der Waals surface area contributed by atoms with Crippen LogP contribution < -0.4 is 11.1 Å². The fourth-order valence-corrected chi connectivity index (χ4v) is 2.29. The van der Waals surface area contributed by atoms with E-state index in [9.17, 15) is 0 Å². The van der Waals surface area contributed by atoms with Gasteiger partial charge in [-0.3, -0.25) is 0 Å². The van der Waals surface area contributed by atoms with Crippen molar-refractivity contribution in [3.63, 3.8) is 0 Å². The topological polar surface area (TPSA) is 63.8 Å². The first-order valence-corrected chi connectivity index (χ1v) is 6.60. The molecule has 3 N–H and O–H groups in total. The van der Waals surface area contributed by atoms with Gasteiger partial charge in [0.2, 0.25) is 5.95 Å². The van der Waals surface area contributed by atoms with Gasteiger partial charge in [0.1, 0.15) is 5.02 Å². The Kier molecular flexibility index (Phi) is 3.39. The lowest BCUT2D eigenvalue weighted by molar-refractivity contribution is 1.10. The van der Waals surface area contributed by atoms with Crippen LogP contribution >= 0.6 is 11.6 Å². The van der Waals surface area contributed by atoms with E-state index in [-0.39, 0.29) is 5.95 Å². The molecule has 1 aromatic heterocycles. The average molecular weight is 285 g/mol. The van der Waals surface area contributed by atoms with Crippen molar-refractivity contribution in [3.8, 4) is 0 Å². The van der Waals surface area contributed by atoms with E-state index in [1.165, 1.54) is 22.5 Å². The minimum absolute atomic E-state index is 0.204. The standard InChI is InChI=1S/C15H13ClN4/c16-13-9-19-15(17)20-14(13)18-8-11-6-3-5-10-4-1-2-7-12(10)11/h1-7,9H,8H2,(H3,17,18,19,20). The zero-order chi connectivity index (χ0) is 13.9. The molecule has 0 unspecified atom stereocenters. The zero-order valence-corrected chi connectivity index (χ0v) is 11.4. The van der Waals surface area contributed by atoms with E-state index in [2.05, 4.69) is 39.6 Å². The van der Waals surface area contributed by atoms with Crippen molar-refractivity contribution in [1.29, 1.82) is 0 Å². The van der Waals surface area contributed by atoms with Crippen LogP contribution in [0.15, 0.2) is 48.7 Å². The molecule has 3 aromatic rings. The Morgan fingerprint density at radius 1 is 1.10 bits per heavy atom. The monoisotopic (exact) mass is 284 g/mol. The number of benzene rings is 2. The molecule has 5 heteroatoms. The Morgan fingerprint density at radius 3 is 2.80 bits per heavy atom. The summed E-state index contributed by atoms with van der Waals surface area (Å²) in [5, 5.41) is 6.07. The van der Waals surface area contributed by atoms with Gasteiger partial charge >= 0.3 is 0 Å². The van der Waals surface area contributed by atoms with Gasteiger partial charge < -0.3 is 11.1 Å². The number of aromatic nitrogens is 2. The molecular formula is C15H13ClN4. The second-order valence-electron chi connectivity index (χ2n) is 4.42. The zero-order valence-electron chi connectivity index (χ0n) is 10.7. The SMILES string of the molecule is Nc1ncc(Cl)c(NCc2cccc3ccccc23)n1. The Morgan fingerprint density at radius 2 is 1.90 bits per heavy atom. The second-order valence-corrected chi connectivity index (χ2v) is 4.82. The molecule has 0 saturated heterocycles. The summed E-state index contributed by atoms with van der Waals surface area (Å²) in [6.07, 6.45) is 1.50. The molecule has 0 amide bonds. The molecule has 0 aliphatic rings. The molecule has 3 rings (SSSR count). The van der Waals surface area contributed by atoms with Gasteiger partial charge in [0.25, 0.3) is 0 Å². The summed E-state index contributed by atoms with van der Waals surface area (Å²) in [6, 6.07) is 14.5. The average Bonchev–Trinajstić information content (AvgIpc) is 2.48. The number of nitrogen functional groups attached to an aromatic ring is 1. The van der Waals surface area contributed by atoms with Gasteiger partial charge in [-0.25, -0.2) is 4.98 Å². The highest BCUT2D eigenvalue weighted by Crippen LogP contribution is 2.22. The molecule has 0 radical (unpaired) electrons. The summed E-state index contributed by atoms with van der Waals surface area (Å²) in [7, 11) is 0. The van der Waals surface area contributed by atoms with Gasteiger partial charge in [0, 0.05) is 6.54 Å². The first kappa shape index (κ1) is 12.7. The summed E-state index contributed by atoms with van der Waals surface area (Å²) >= 11 is 6.04. The molecule has 0 bridgehead atoms. The lowest BCUT2D eigenvalue weighted by Gasteiger charge is -2.10. The molecular weight excluding hydrogens is 272 g/mol. The quantitative estimate of drug-likeness (QED) is 0.773. The molecule has 0 fully saturated rings. The lowest BCUT2D eigenvalue weighted by Crippen LogP contribution is -2.05. The van der Waals surface area contributed by atoms with Crippen LogP contribution in [-0.4, -0.2) is 9.97 Å². The summed E-state index contributed by atoms with van der Waals surface area (Å²) in [5.74, 6) is 0.752. The first-order valence-electron chi connectivity index (χ1n) is 6.22. The van der Waals surface area contributed by atoms with Gasteiger partial charge in [0.05, 0.1) is 6.20 Å². The number of anilines is 2. The van der Waals surface area contributed by atoms with Crippen LogP contribution in [0.1, 0.15) is 5.56 Å². The number of nitrogens with one attached hydrogen (secondary N) is 1. The van der Waals surface area contributed by atoms with E-state index < -0.39 is 0 Å². The Bertz CT molecular complexity index is 752. The number of nitrogens with two attached hydrogens (primary N) is 1. The van der Waals surface area contributed by atoms with Crippen LogP contribution in [0.5, 0.6) is 0 Å². The molecule has 100 valence electrons. The highest BCUT2D eigenvalue weighted by atomic mass is 35.5. The van der Waals surface area contributed by atoms with Gasteiger partial charge in [-0.1, -0.05) is 54.1 Å². The van der Waals surface area contributed by atoms with Crippen LogP contribution in [0.4, 0.5) is 11.8 Å². The van der Waals surface area contributed by atoms with E-state index in [0.29, 0.717) is 17.4 Å². The maximum Gasteiger partial charge on any atom is 0.222 e. The van der Waals surface area contributed by atoms with E-state index in [0.717, 1.165) is 0 Å². The van der Waals surface area contributed by atoms with Crippen molar-refractivity contribution in [2.45, 2.75) is 6.54 Å². The second kappa shape index (κ2) is 5.35. The maximum atomic E-state index is 6.04. The molecule has 0 saturated carbocycles. The van der Waals surface area contributed by atoms with Crippen molar-refractivity contribution < 1.29 is 0 Å². The summed E-state index contributed by atoms with van der Waals surface area (Å²) in [6.45, 7) is 0.623. The van der Waals surface area contributed by atoms with Crippen molar-refractivity contribution in [2.75, 3.05) is 11.1 Å². The molecule has 0 aliphatic heterocycles. The van der Waals surface area contributed by atoms with Crippen molar-refractivity contribution in [3.05, 3.63) is 59.2 Å². The fourth-order valence-electron chi connectivity index (χ4n) is 2.13. The van der Waals surface area contributed by atoms with Gasteiger partial charge in [-0.15, -0.1) is 0 Å². The van der Waals surface area contributed by atoms with Crippen molar-refractivity contribution >= 4 is 34.1 Å². The molecule has 2 aromatic carbocycles. The fraction of sp³-hybridized carbons (Fsp3) is 0.0667. The number of hydrogen-bond acceptors (Lipinski definition) is 4. The van der Waals surface area contributed by atoms with Crippen molar-refractivity contribution in [1.82, 2.24) is 9.97 Å². The summed E-state index contributed by atoms with van der Waals surface area (Å²) < 4.78 is 0. The van der Waals surface area contributed by atoms with Crippen molar-refractivity contribution in [2.24, 2.45) is 0 Å². The lowest BCUT2D eigenvalue weighted by atomic mass is 10.0. The van der Waals surface area contributed by atoms with Crippen LogP contribution in [0.25, 0.3) is 10.8 Å². The first-order chi connectivity index (χ1) is 9.74. The van der Waals surface area contributed by atoms with E-state index in [1.54, 1.807) is 0 Å². The minimum atomic E-state index is 0.204. The molecule has 4 nitrogen and oxygen atoms in total. The molecule has 0 aliphatic carbocycles. The molecule has 20 heavy (non-hydrogen) atoms. The predicted octanol–water partition coefficient (Wildman–Crippen LogP) is 3.48. The number of fused-ring (bicyclic) bond motifs is 1. The number of rotatable bonds is 3. The van der Waals surface area contributed by atoms with Crippen LogP contribution in [-0.2, 0) is 6.54 Å². The largest absolute Gasteiger partial charge is 0.368 e. The highest BCUT2D eigenvalue weighted by Gasteiger charge is 2.05. The smallest absolute Gasteiger partial charge is 0.222 e. The molecule has 1 heterocycles. The summed E-state index contributed by atoms with van der Waals surface area (Å²) in [4.78, 5) is 7.93. The van der Waals surface area contributed by atoms with Gasteiger partial charge in [-0.05, 0) is 16.3 Å². The van der Waals surface area contributed by atoms with E-state index in [1.807, 2.05) is 18.2 Å². The van der Waals surface area contributed by atoms with Crippen LogP contribution in [0, 0.1) is 0 Å². The normalized spacial score (nSPS) is 10.7. The number of halogens is 1. The predicted molar refractivity (Wildman–Crippen MR) is 82.7 cm³/mol. The number of hydrogen-bond donors (Lipinski definition) is 2. The molecule has 0 spiro atoms. The van der Waals surface area contributed by atoms with Gasteiger partial charge in [0.15, 0.2) is 5.82 Å².